The smallest absolute Gasteiger partial charge is 0.336 e. The third-order valence-electron chi connectivity index (χ3n) is 7.58. The number of benzene rings is 4. The number of hydrazone groups is 1. The third kappa shape index (κ3) is 6.65. The average molecular weight is 648 g/mol. The number of aryl methyl sites for hydroxylation is 1. The fourth-order valence-corrected chi connectivity index (χ4v) is 5.52. The number of pyridine rings is 1. The number of carbonyl (C=O) groups is 1. The molecule has 0 bridgehead atoms. The highest BCUT2D eigenvalue weighted by Crippen LogP contribution is 2.40. The van der Waals surface area contributed by atoms with Crippen molar-refractivity contribution < 1.29 is 19.2 Å². The second-order valence-corrected chi connectivity index (χ2v) is 11.1. The van der Waals surface area contributed by atoms with Crippen LogP contribution in [-0.2, 0) is 0 Å². The van der Waals surface area contributed by atoms with Gasteiger partial charge in [-0.05, 0) is 61.0 Å². The number of nitrogens with one attached hydrogen (secondary N) is 2. The van der Waals surface area contributed by atoms with Crippen LogP contribution in [0.1, 0.15) is 38.7 Å². The van der Waals surface area contributed by atoms with Crippen molar-refractivity contribution in [3.8, 4) is 5.75 Å². The topological polar surface area (TPSA) is 160 Å². The Hall–Kier alpha value is -6.07. The predicted molar refractivity (Wildman–Crippen MR) is 181 cm³/mol. The zero-order valence-electron chi connectivity index (χ0n) is 24.8. The summed E-state index contributed by atoms with van der Waals surface area (Å²) < 4.78 is 5.65. The molecular formula is C35H26ClN5O6. The molecule has 0 aliphatic heterocycles. The Morgan fingerprint density at radius 2 is 1.85 bits per heavy atom. The molecule has 0 spiro atoms. The minimum absolute atomic E-state index is 0.0598. The van der Waals surface area contributed by atoms with Gasteiger partial charge in [-0.25, -0.2) is 9.78 Å². The molecule has 12 heteroatoms. The van der Waals surface area contributed by atoms with Crippen molar-refractivity contribution in [1.82, 2.24) is 10.4 Å². The number of rotatable bonds is 10. The fourth-order valence-electron chi connectivity index (χ4n) is 5.27. The summed E-state index contributed by atoms with van der Waals surface area (Å²) in [4.78, 5) is 40.4. The van der Waals surface area contributed by atoms with Crippen LogP contribution in [0.15, 0.2) is 111 Å². The molecular weight excluding hydrogens is 622 g/mol. The van der Waals surface area contributed by atoms with Crippen LogP contribution in [0.2, 0.25) is 5.15 Å². The molecule has 4 aromatic carbocycles. The molecule has 0 aliphatic carbocycles. The van der Waals surface area contributed by atoms with Crippen LogP contribution in [0.3, 0.4) is 0 Å². The number of non-ortho nitro benzene ring substituents is 1. The number of aromatic hydroxyl groups is 1. The van der Waals surface area contributed by atoms with E-state index in [9.17, 15) is 24.8 Å². The number of fused-ring (bicyclic) bond motifs is 2. The molecule has 0 saturated carbocycles. The number of halogens is 1. The standard InChI is InChI=1S/C35H26ClN5O6/c1-20-15-31(44)47-34-26(20)13-14-29(42)32(34)33(27-17-23-6-2-3-8-28(23)40-35(27)36)39-24-11-9-22(10-12-24)30(43)19-38-37-18-21-5-4-7-25(16-21)41(45)46/h2-18,33,38-39,42H,19H2,1H3. The fraction of sp³-hybridized carbons (Fsp3) is 0.0857. The minimum atomic E-state index is -0.820. The first-order valence-corrected chi connectivity index (χ1v) is 14.8. The van der Waals surface area contributed by atoms with Crippen molar-refractivity contribution in [1.29, 1.82) is 0 Å². The number of hydrogen-bond acceptors (Lipinski definition) is 10. The van der Waals surface area contributed by atoms with Crippen molar-refractivity contribution in [2.45, 2.75) is 13.0 Å². The highest BCUT2D eigenvalue weighted by molar-refractivity contribution is 6.30. The second-order valence-electron chi connectivity index (χ2n) is 10.7. The molecule has 1 atom stereocenters. The van der Waals surface area contributed by atoms with E-state index in [1.165, 1.54) is 30.5 Å². The first kappa shape index (κ1) is 30.9. The number of para-hydroxylation sites is 1. The number of phenolic OH excluding ortho intramolecular Hbond substituents is 1. The van der Waals surface area contributed by atoms with Crippen molar-refractivity contribution in [2.24, 2.45) is 5.10 Å². The summed E-state index contributed by atoms with van der Waals surface area (Å²) >= 11 is 6.75. The monoisotopic (exact) mass is 647 g/mol. The summed E-state index contributed by atoms with van der Waals surface area (Å²) in [6, 6.07) is 25.8. The number of carbonyl (C=O) groups excluding carboxylic acids is 1. The molecule has 0 fully saturated rings. The zero-order valence-corrected chi connectivity index (χ0v) is 25.6. The number of Topliss-reactive ketones (excluding diaryl/α,β-unsaturated/α-hetero) is 1. The van der Waals surface area contributed by atoms with E-state index < -0.39 is 16.6 Å². The van der Waals surface area contributed by atoms with E-state index >= 15 is 0 Å². The van der Waals surface area contributed by atoms with Crippen molar-refractivity contribution in [3.05, 3.63) is 151 Å². The van der Waals surface area contributed by atoms with Gasteiger partial charge in [0.25, 0.3) is 5.69 Å². The quantitative estimate of drug-likeness (QED) is 0.0358. The van der Waals surface area contributed by atoms with Gasteiger partial charge >= 0.3 is 5.63 Å². The number of nitrogens with zero attached hydrogens (tertiary/aromatic N) is 3. The molecule has 6 rings (SSSR count). The lowest BCUT2D eigenvalue weighted by Crippen LogP contribution is -2.18. The lowest BCUT2D eigenvalue weighted by molar-refractivity contribution is -0.384. The summed E-state index contributed by atoms with van der Waals surface area (Å²) in [6.07, 6.45) is 1.40. The molecule has 2 aromatic heterocycles. The van der Waals surface area contributed by atoms with E-state index in [1.54, 1.807) is 49.4 Å². The predicted octanol–water partition coefficient (Wildman–Crippen LogP) is 6.92. The molecule has 2 heterocycles. The molecule has 47 heavy (non-hydrogen) atoms. The van der Waals surface area contributed by atoms with Gasteiger partial charge in [0.2, 0.25) is 0 Å². The molecule has 0 saturated heterocycles. The van der Waals surface area contributed by atoms with Gasteiger partial charge in [0.1, 0.15) is 16.5 Å². The van der Waals surface area contributed by atoms with E-state index in [1.807, 2.05) is 30.3 Å². The highest BCUT2D eigenvalue weighted by Gasteiger charge is 2.26. The van der Waals surface area contributed by atoms with Gasteiger partial charge in [0.05, 0.1) is 34.8 Å². The normalized spacial score (nSPS) is 12.0. The molecule has 0 aliphatic rings. The maximum atomic E-state index is 12.9. The summed E-state index contributed by atoms with van der Waals surface area (Å²) in [5.41, 5.74) is 5.97. The van der Waals surface area contributed by atoms with Crippen molar-refractivity contribution >= 4 is 56.8 Å². The van der Waals surface area contributed by atoms with Crippen LogP contribution in [0.25, 0.3) is 21.9 Å². The second kappa shape index (κ2) is 13.1. The third-order valence-corrected chi connectivity index (χ3v) is 7.89. The van der Waals surface area contributed by atoms with E-state index in [2.05, 4.69) is 20.8 Å². The Bertz CT molecular complexity index is 2250. The average Bonchev–Trinajstić information content (AvgIpc) is 3.06. The number of hydrogen-bond donors (Lipinski definition) is 3. The maximum absolute atomic E-state index is 12.9. The SMILES string of the molecule is Cc1cc(=O)oc2c(C(Nc3ccc(C(=O)CNN=Cc4cccc([N+](=O)[O-])c4)cc3)c3cc4ccccc4nc3Cl)c(O)ccc12. The van der Waals surface area contributed by atoms with Gasteiger partial charge in [-0.15, -0.1) is 0 Å². The number of ketones is 1. The van der Waals surface area contributed by atoms with Crippen LogP contribution in [-0.4, -0.2) is 33.6 Å². The van der Waals surface area contributed by atoms with E-state index in [0.29, 0.717) is 44.4 Å². The van der Waals surface area contributed by atoms with Gasteiger partial charge in [0, 0.05) is 51.3 Å². The van der Waals surface area contributed by atoms with Crippen LogP contribution >= 0.6 is 11.6 Å². The molecule has 11 nitrogen and oxygen atoms in total. The number of phenols is 1. The first-order chi connectivity index (χ1) is 22.7. The van der Waals surface area contributed by atoms with Crippen LogP contribution in [0, 0.1) is 17.0 Å². The van der Waals surface area contributed by atoms with Crippen molar-refractivity contribution in [3.63, 3.8) is 0 Å². The number of aromatic nitrogens is 1. The zero-order chi connectivity index (χ0) is 33.1. The van der Waals surface area contributed by atoms with E-state index in [-0.39, 0.29) is 34.5 Å². The van der Waals surface area contributed by atoms with E-state index in [4.69, 9.17) is 16.0 Å². The number of nitro groups is 1. The Labute approximate surface area is 272 Å². The van der Waals surface area contributed by atoms with Crippen LogP contribution < -0.4 is 16.4 Å². The molecule has 234 valence electrons. The number of nitro benzene ring substituents is 1. The summed E-state index contributed by atoms with van der Waals surface area (Å²) in [5, 5.41) is 31.2. The Morgan fingerprint density at radius 3 is 2.64 bits per heavy atom. The molecule has 3 N–H and O–H groups in total. The van der Waals surface area contributed by atoms with Gasteiger partial charge in [-0.1, -0.05) is 41.9 Å². The Balaban J connectivity index is 1.29. The summed E-state index contributed by atoms with van der Waals surface area (Å²) in [5.74, 6) is -0.355. The van der Waals surface area contributed by atoms with Gasteiger partial charge in [0.15, 0.2) is 5.78 Å². The molecule has 0 amide bonds. The van der Waals surface area contributed by atoms with Crippen LogP contribution in [0.5, 0.6) is 5.75 Å². The van der Waals surface area contributed by atoms with Gasteiger partial charge in [-0.2, -0.15) is 5.10 Å². The molecule has 0 radical (unpaired) electrons. The van der Waals surface area contributed by atoms with Crippen molar-refractivity contribution in [2.75, 3.05) is 11.9 Å². The Kier molecular flexibility index (Phi) is 8.63. The minimum Gasteiger partial charge on any atom is -0.507 e. The molecule has 1 unspecified atom stereocenters. The lowest BCUT2D eigenvalue weighted by atomic mass is 9.94. The highest BCUT2D eigenvalue weighted by atomic mass is 35.5. The van der Waals surface area contributed by atoms with Gasteiger partial charge < -0.3 is 20.3 Å². The maximum Gasteiger partial charge on any atom is 0.336 e. The Morgan fingerprint density at radius 1 is 1.06 bits per heavy atom. The van der Waals surface area contributed by atoms with Crippen LogP contribution in [0.4, 0.5) is 11.4 Å². The summed E-state index contributed by atoms with van der Waals surface area (Å²) in [6.45, 7) is 1.68. The first-order valence-electron chi connectivity index (χ1n) is 14.4. The van der Waals surface area contributed by atoms with Gasteiger partial charge in [-0.3, -0.25) is 14.9 Å². The molecule has 6 aromatic rings. The number of anilines is 1. The van der Waals surface area contributed by atoms with E-state index in [0.717, 1.165) is 5.39 Å². The largest absolute Gasteiger partial charge is 0.507 e. The summed E-state index contributed by atoms with van der Waals surface area (Å²) in [7, 11) is 0. The lowest BCUT2D eigenvalue weighted by Gasteiger charge is -2.24.